The van der Waals surface area contributed by atoms with E-state index >= 15 is 0 Å². The molecule has 6 heteroatoms. The molecule has 2 aromatic rings. The Hall–Kier alpha value is -2.08. The van der Waals surface area contributed by atoms with Gasteiger partial charge in [0, 0.05) is 19.1 Å². The predicted octanol–water partition coefficient (Wildman–Crippen LogP) is 0.984. The summed E-state index contributed by atoms with van der Waals surface area (Å²) in [7, 11) is 0. The lowest BCUT2D eigenvalue weighted by molar-refractivity contribution is -0.134. The zero-order valence-electron chi connectivity index (χ0n) is 12.4. The Labute approximate surface area is 127 Å². The Morgan fingerprint density at radius 1 is 1.23 bits per heavy atom. The molecule has 2 aliphatic rings. The summed E-state index contributed by atoms with van der Waals surface area (Å²) in [6, 6.07) is 7.87. The summed E-state index contributed by atoms with van der Waals surface area (Å²) in [6.45, 7) is 1.35. The molecule has 4 rings (SSSR count). The average molecular weight is 300 g/mol. The van der Waals surface area contributed by atoms with E-state index in [0.717, 1.165) is 36.7 Å². The van der Waals surface area contributed by atoms with Crippen LogP contribution in [0.4, 0.5) is 0 Å². The third-order valence-corrected chi connectivity index (χ3v) is 4.96. The summed E-state index contributed by atoms with van der Waals surface area (Å²) in [4.78, 5) is 29.3. The Bertz CT molecular complexity index is 779. The second-order valence-electron chi connectivity index (χ2n) is 6.50. The Morgan fingerprint density at radius 2 is 1.91 bits per heavy atom. The molecule has 1 aliphatic carbocycles. The van der Waals surface area contributed by atoms with Gasteiger partial charge in [-0.1, -0.05) is 12.1 Å². The quantitative estimate of drug-likeness (QED) is 0.867. The fourth-order valence-electron chi connectivity index (χ4n) is 3.43. The third-order valence-electron chi connectivity index (χ3n) is 4.96. The van der Waals surface area contributed by atoms with Crippen molar-refractivity contribution in [1.29, 1.82) is 0 Å². The molecule has 1 aliphatic heterocycles. The molecule has 6 nitrogen and oxygen atoms in total. The van der Waals surface area contributed by atoms with E-state index in [1.807, 2.05) is 33.7 Å². The predicted molar refractivity (Wildman–Crippen MR) is 83.6 cm³/mol. The van der Waals surface area contributed by atoms with Crippen LogP contribution in [0, 0.1) is 0 Å². The molecule has 116 valence electrons. The fourth-order valence-corrected chi connectivity index (χ4v) is 3.43. The van der Waals surface area contributed by atoms with Crippen LogP contribution in [0.1, 0.15) is 31.7 Å². The number of likely N-dealkylation sites (tertiary alicyclic amines) is 1. The number of carbonyl (C=O) groups excluding carboxylic acids is 1. The minimum Gasteiger partial charge on any atom is -0.341 e. The standard InChI is InChI=1S/C16H20N4O2/c17-16(7-8-16)14(21)19-9-5-11(6-10-19)20-13-4-2-1-3-12(13)18-15(20)22/h1-4,11H,5-10,17H2,(H,18,22). The number of hydrogen-bond acceptors (Lipinski definition) is 3. The topological polar surface area (TPSA) is 84.1 Å². The molecule has 2 fully saturated rings. The zero-order chi connectivity index (χ0) is 15.3. The lowest BCUT2D eigenvalue weighted by Crippen LogP contribution is -2.49. The number of para-hydroxylation sites is 2. The molecule has 0 radical (unpaired) electrons. The van der Waals surface area contributed by atoms with Crippen LogP contribution >= 0.6 is 0 Å². The van der Waals surface area contributed by atoms with Crippen molar-refractivity contribution in [3.05, 3.63) is 34.7 Å². The molecular weight excluding hydrogens is 280 g/mol. The van der Waals surface area contributed by atoms with Gasteiger partial charge in [-0.15, -0.1) is 0 Å². The summed E-state index contributed by atoms with van der Waals surface area (Å²) in [5.74, 6) is 0.0808. The van der Waals surface area contributed by atoms with Gasteiger partial charge in [0.25, 0.3) is 0 Å². The van der Waals surface area contributed by atoms with Crippen LogP contribution in [0.25, 0.3) is 11.0 Å². The number of nitrogens with zero attached hydrogens (tertiary/aromatic N) is 2. The van der Waals surface area contributed by atoms with Crippen LogP contribution in [0.2, 0.25) is 0 Å². The van der Waals surface area contributed by atoms with E-state index in [0.29, 0.717) is 13.1 Å². The van der Waals surface area contributed by atoms with Crippen LogP contribution in [0.3, 0.4) is 0 Å². The molecule has 22 heavy (non-hydrogen) atoms. The highest BCUT2D eigenvalue weighted by Crippen LogP contribution is 2.35. The molecule has 1 saturated heterocycles. The number of carbonyl (C=O) groups is 1. The van der Waals surface area contributed by atoms with Gasteiger partial charge in [0.2, 0.25) is 5.91 Å². The fraction of sp³-hybridized carbons (Fsp3) is 0.500. The van der Waals surface area contributed by atoms with Gasteiger partial charge in [-0.2, -0.15) is 0 Å². The number of nitrogens with two attached hydrogens (primary N) is 1. The highest BCUT2D eigenvalue weighted by Gasteiger charge is 2.48. The van der Waals surface area contributed by atoms with Crippen molar-refractivity contribution < 1.29 is 4.79 Å². The van der Waals surface area contributed by atoms with Crippen LogP contribution in [0.5, 0.6) is 0 Å². The SMILES string of the molecule is NC1(C(=O)N2CCC(n3c(=O)[nH]c4ccccc43)CC2)CC1. The summed E-state index contributed by atoms with van der Waals surface area (Å²) in [5, 5.41) is 0. The normalized spacial score (nSPS) is 21.2. The lowest BCUT2D eigenvalue weighted by Gasteiger charge is -2.34. The summed E-state index contributed by atoms with van der Waals surface area (Å²) >= 11 is 0. The van der Waals surface area contributed by atoms with Gasteiger partial charge in [0.15, 0.2) is 0 Å². The highest BCUT2D eigenvalue weighted by atomic mass is 16.2. The number of nitrogens with one attached hydrogen (secondary N) is 1. The maximum atomic E-state index is 12.3. The van der Waals surface area contributed by atoms with Crippen molar-refractivity contribution >= 4 is 16.9 Å². The number of hydrogen-bond donors (Lipinski definition) is 2. The smallest absolute Gasteiger partial charge is 0.326 e. The molecule has 3 N–H and O–H groups in total. The molecule has 0 unspecified atom stereocenters. The van der Waals surface area contributed by atoms with Crippen molar-refractivity contribution in [3.63, 3.8) is 0 Å². The number of amides is 1. The van der Waals surface area contributed by atoms with Gasteiger partial charge in [0.1, 0.15) is 0 Å². The minimum atomic E-state index is -0.593. The van der Waals surface area contributed by atoms with Crippen molar-refractivity contribution in [3.8, 4) is 0 Å². The van der Waals surface area contributed by atoms with E-state index in [4.69, 9.17) is 5.73 Å². The third kappa shape index (κ3) is 2.06. The Morgan fingerprint density at radius 3 is 2.59 bits per heavy atom. The average Bonchev–Trinajstić information content (AvgIpc) is 3.19. The van der Waals surface area contributed by atoms with Gasteiger partial charge >= 0.3 is 5.69 Å². The van der Waals surface area contributed by atoms with Gasteiger partial charge in [-0.05, 0) is 37.8 Å². The van der Waals surface area contributed by atoms with Gasteiger partial charge in [-0.3, -0.25) is 9.36 Å². The first kappa shape index (κ1) is 13.6. The zero-order valence-corrected chi connectivity index (χ0v) is 12.4. The number of aromatic amines is 1. The van der Waals surface area contributed by atoms with Gasteiger partial charge in [-0.25, -0.2) is 4.79 Å². The molecular formula is C16H20N4O2. The second-order valence-corrected chi connectivity index (χ2v) is 6.50. The molecule has 1 amide bonds. The summed E-state index contributed by atoms with van der Waals surface area (Å²) in [6.07, 6.45) is 3.19. The van der Waals surface area contributed by atoms with E-state index in [1.54, 1.807) is 0 Å². The van der Waals surface area contributed by atoms with Crippen LogP contribution in [-0.2, 0) is 4.79 Å². The molecule has 1 aromatic heterocycles. The maximum Gasteiger partial charge on any atom is 0.326 e. The summed E-state index contributed by atoms with van der Waals surface area (Å²) < 4.78 is 1.84. The second kappa shape index (κ2) is 4.71. The van der Waals surface area contributed by atoms with E-state index in [1.165, 1.54) is 0 Å². The first-order valence-electron chi connectivity index (χ1n) is 7.86. The van der Waals surface area contributed by atoms with Crippen molar-refractivity contribution in [2.45, 2.75) is 37.3 Å². The first-order chi connectivity index (χ1) is 10.6. The van der Waals surface area contributed by atoms with Gasteiger partial charge in [0.05, 0.1) is 16.6 Å². The number of H-pyrrole nitrogens is 1. The van der Waals surface area contributed by atoms with E-state index in [-0.39, 0.29) is 17.6 Å². The van der Waals surface area contributed by atoms with Crippen LogP contribution in [-0.4, -0.2) is 39.0 Å². The largest absolute Gasteiger partial charge is 0.341 e. The molecule has 0 atom stereocenters. The number of imidazole rings is 1. The molecule has 1 aromatic carbocycles. The number of rotatable bonds is 2. The van der Waals surface area contributed by atoms with Crippen LogP contribution < -0.4 is 11.4 Å². The van der Waals surface area contributed by atoms with E-state index in [2.05, 4.69) is 4.98 Å². The van der Waals surface area contributed by atoms with Crippen molar-refractivity contribution in [2.24, 2.45) is 5.73 Å². The number of benzene rings is 1. The number of aromatic nitrogens is 2. The molecule has 0 spiro atoms. The number of fused-ring (bicyclic) bond motifs is 1. The Kier molecular flexibility index (Phi) is 2.91. The monoisotopic (exact) mass is 300 g/mol. The lowest BCUT2D eigenvalue weighted by atomic mass is 10.0. The van der Waals surface area contributed by atoms with E-state index in [9.17, 15) is 9.59 Å². The molecule has 2 heterocycles. The number of piperidine rings is 1. The van der Waals surface area contributed by atoms with Crippen LogP contribution in [0.15, 0.2) is 29.1 Å². The molecule has 1 saturated carbocycles. The van der Waals surface area contributed by atoms with Crippen molar-refractivity contribution in [2.75, 3.05) is 13.1 Å². The highest BCUT2D eigenvalue weighted by molar-refractivity contribution is 5.89. The Balaban J connectivity index is 1.55. The first-order valence-corrected chi connectivity index (χ1v) is 7.86. The maximum absolute atomic E-state index is 12.3. The van der Waals surface area contributed by atoms with Gasteiger partial charge < -0.3 is 15.6 Å². The van der Waals surface area contributed by atoms with E-state index < -0.39 is 5.54 Å². The summed E-state index contributed by atoms with van der Waals surface area (Å²) in [5.41, 5.74) is 7.14. The van der Waals surface area contributed by atoms with Crippen molar-refractivity contribution in [1.82, 2.24) is 14.5 Å². The minimum absolute atomic E-state index is 0.0662. The molecule has 0 bridgehead atoms.